The number of carbonyl (C=O) groups is 1. The maximum absolute atomic E-state index is 11.9. The van der Waals surface area contributed by atoms with E-state index in [0.29, 0.717) is 6.54 Å². The molecule has 0 aliphatic heterocycles. The van der Waals surface area contributed by atoms with Crippen LogP contribution < -0.4 is 0 Å². The fraction of sp³-hybridized carbons (Fsp3) is 0.923. The molecule has 0 heterocycles. The van der Waals surface area contributed by atoms with Gasteiger partial charge in [0.25, 0.3) is 0 Å². The van der Waals surface area contributed by atoms with E-state index in [-0.39, 0.29) is 24.8 Å². The first-order chi connectivity index (χ1) is 8.68. The van der Waals surface area contributed by atoms with Crippen LogP contribution in [0.5, 0.6) is 0 Å². The average molecular weight is 292 g/mol. The van der Waals surface area contributed by atoms with Gasteiger partial charge in [-0.2, -0.15) is 0 Å². The molecule has 5 nitrogen and oxygen atoms in total. The fourth-order valence-electron chi connectivity index (χ4n) is 1.73. The van der Waals surface area contributed by atoms with Crippen molar-refractivity contribution in [3.63, 3.8) is 0 Å². The van der Waals surface area contributed by atoms with Crippen LogP contribution in [0, 0.1) is 5.92 Å². The molecule has 0 bridgehead atoms. The lowest BCUT2D eigenvalue weighted by molar-refractivity contribution is -0.130. The van der Waals surface area contributed by atoms with Gasteiger partial charge in [0.05, 0.1) is 6.26 Å². The highest BCUT2D eigenvalue weighted by atomic mass is 32.2. The lowest BCUT2D eigenvalue weighted by Crippen LogP contribution is -2.37. The number of hydrogen-bond donors (Lipinski definition) is 0. The van der Waals surface area contributed by atoms with Crippen LogP contribution in [-0.2, 0) is 14.8 Å². The third kappa shape index (κ3) is 8.21. The lowest BCUT2D eigenvalue weighted by Gasteiger charge is -2.23. The Morgan fingerprint density at radius 1 is 1.21 bits per heavy atom. The first kappa shape index (κ1) is 18.4. The van der Waals surface area contributed by atoms with Crippen LogP contribution in [-0.4, -0.2) is 56.5 Å². The highest BCUT2D eigenvalue weighted by molar-refractivity contribution is 7.88. The van der Waals surface area contributed by atoms with Gasteiger partial charge in [-0.3, -0.25) is 4.79 Å². The molecule has 0 aliphatic rings. The molecule has 114 valence electrons. The van der Waals surface area contributed by atoms with Crippen molar-refractivity contribution in [2.45, 2.75) is 40.0 Å². The first-order valence-electron chi connectivity index (χ1n) is 6.87. The van der Waals surface area contributed by atoms with Gasteiger partial charge in [0.15, 0.2) is 0 Å². The monoisotopic (exact) mass is 292 g/mol. The molecule has 0 radical (unpaired) electrons. The molecule has 0 rings (SSSR count). The van der Waals surface area contributed by atoms with Crippen LogP contribution in [0.15, 0.2) is 0 Å². The summed E-state index contributed by atoms with van der Waals surface area (Å²) in [4.78, 5) is 13.6. The van der Waals surface area contributed by atoms with Crippen LogP contribution in [0.4, 0.5) is 0 Å². The minimum Gasteiger partial charge on any atom is -0.346 e. The minimum atomic E-state index is -3.24. The molecular formula is C13H28N2O3S. The second kappa shape index (κ2) is 8.53. The molecule has 0 atom stereocenters. The number of sulfonamides is 1. The molecule has 6 heteroatoms. The number of carbonyl (C=O) groups excluding carboxylic acids is 1. The van der Waals surface area contributed by atoms with Crippen molar-refractivity contribution < 1.29 is 13.2 Å². The average Bonchev–Trinajstić information content (AvgIpc) is 2.29. The zero-order chi connectivity index (χ0) is 15.1. The Morgan fingerprint density at radius 3 is 2.21 bits per heavy atom. The zero-order valence-electron chi connectivity index (χ0n) is 12.8. The topological polar surface area (TPSA) is 57.7 Å². The highest BCUT2D eigenvalue weighted by Crippen LogP contribution is 2.06. The van der Waals surface area contributed by atoms with Crippen molar-refractivity contribution in [3.8, 4) is 0 Å². The molecule has 0 aromatic heterocycles. The number of amides is 1. The van der Waals surface area contributed by atoms with Crippen molar-refractivity contribution in [3.05, 3.63) is 0 Å². The summed E-state index contributed by atoms with van der Waals surface area (Å²) in [7, 11) is -1.47. The van der Waals surface area contributed by atoms with Crippen LogP contribution >= 0.6 is 0 Å². The summed E-state index contributed by atoms with van der Waals surface area (Å²) in [6.07, 6.45) is 3.46. The van der Waals surface area contributed by atoms with Crippen LogP contribution in [0.2, 0.25) is 0 Å². The van der Waals surface area contributed by atoms with Crippen molar-refractivity contribution in [2.24, 2.45) is 5.92 Å². The summed E-state index contributed by atoms with van der Waals surface area (Å²) in [6, 6.07) is 0. The SMILES string of the molecule is CCCCN(C)C(=O)CCN(CC(C)C)S(C)(=O)=O. The maximum atomic E-state index is 11.9. The van der Waals surface area contributed by atoms with Crippen molar-refractivity contribution in [1.82, 2.24) is 9.21 Å². The van der Waals surface area contributed by atoms with E-state index in [9.17, 15) is 13.2 Å². The molecule has 0 aromatic rings. The van der Waals surface area contributed by atoms with E-state index in [1.807, 2.05) is 13.8 Å². The molecule has 0 saturated carbocycles. The Labute approximate surface area is 118 Å². The summed E-state index contributed by atoms with van der Waals surface area (Å²) >= 11 is 0. The fourth-order valence-corrected chi connectivity index (χ4v) is 2.72. The predicted octanol–water partition coefficient (Wildman–Crippen LogP) is 1.55. The number of unbranched alkanes of at least 4 members (excludes halogenated alkanes) is 1. The summed E-state index contributed by atoms with van der Waals surface area (Å²) in [6.45, 7) is 7.47. The van der Waals surface area contributed by atoms with Gasteiger partial charge < -0.3 is 4.90 Å². The molecule has 19 heavy (non-hydrogen) atoms. The van der Waals surface area contributed by atoms with Crippen molar-refractivity contribution in [2.75, 3.05) is 32.9 Å². The first-order valence-corrected chi connectivity index (χ1v) is 8.72. The van der Waals surface area contributed by atoms with E-state index in [1.54, 1.807) is 11.9 Å². The summed E-state index contributed by atoms with van der Waals surface area (Å²) in [5.74, 6) is 0.258. The second-order valence-corrected chi connectivity index (χ2v) is 7.42. The third-order valence-electron chi connectivity index (χ3n) is 2.89. The molecule has 0 aliphatic carbocycles. The molecule has 1 amide bonds. The lowest BCUT2D eigenvalue weighted by atomic mass is 10.2. The summed E-state index contributed by atoms with van der Waals surface area (Å²) in [5.41, 5.74) is 0. The zero-order valence-corrected chi connectivity index (χ0v) is 13.7. The van der Waals surface area contributed by atoms with Crippen molar-refractivity contribution >= 4 is 15.9 Å². The predicted molar refractivity (Wildman–Crippen MR) is 78.4 cm³/mol. The van der Waals surface area contributed by atoms with E-state index in [0.717, 1.165) is 19.4 Å². The molecule has 0 N–H and O–H groups in total. The van der Waals surface area contributed by atoms with E-state index < -0.39 is 10.0 Å². The van der Waals surface area contributed by atoms with Gasteiger partial charge in [-0.1, -0.05) is 27.2 Å². The Bertz CT molecular complexity index is 366. The van der Waals surface area contributed by atoms with Gasteiger partial charge in [0.2, 0.25) is 15.9 Å². The quantitative estimate of drug-likeness (QED) is 0.648. The molecule has 0 fully saturated rings. The Morgan fingerprint density at radius 2 is 1.79 bits per heavy atom. The smallest absolute Gasteiger partial charge is 0.223 e. The number of rotatable bonds is 9. The maximum Gasteiger partial charge on any atom is 0.223 e. The Balaban J connectivity index is 4.36. The van der Waals surface area contributed by atoms with Gasteiger partial charge in [0.1, 0.15) is 0 Å². The Kier molecular flexibility index (Phi) is 8.25. The van der Waals surface area contributed by atoms with E-state index >= 15 is 0 Å². The summed E-state index contributed by atoms with van der Waals surface area (Å²) in [5, 5.41) is 0. The molecule has 0 spiro atoms. The van der Waals surface area contributed by atoms with Gasteiger partial charge in [-0.25, -0.2) is 12.7 Å². The molecular weight excluding hydrogens is 264 g/mol. The van der Waals surface area contributed by atoms with Gasteiger partial charge in [0, 0.05) is 33.1 Å². The summed E-state index contributed by atoms with van der Waals surface area (Å²) < 4.78 is 24.6. The number of hydrogen-bond acceptors (Lipinski definition) is 3. The van der Waals surface area contributed by atoms with E-state index in [4.69, 9.17) is 0 Å². The largest absolute Gasteiger partial charge is 0.346 e. The molecule has 0 unspecified atom stereocenters. The second-order valence-electron chi connectivity index (χ2n) is 5.43. The van der Waals surface area contributed by atoms with Crippen LogP contribution in [0.25, 0.3) is 0 Å². The van der Waals surface area contributed by atoms with Crippen molar-refractivity contribution in [1.29, 1.82) is 0 Å². The minimum absolute atomic E-state index is 0.00542. The number of nitrogens with zero attached hydrogens (tertiary/aromatic N) is 2. The molecule has 0 saturated heterocycles. The van der Waals surface area contributed by atoms with Crippen LogP contribution in [0.3, 0.4) is 0 Å². The van der Waals surface area contributed by atoms with Crippen LogP contribution in [0.1, 0.15) is 40.0 Å². The van der Waals surface area contributed by atoms with Gasteiger partial charge in [-0.15, -0.1) is 0 Å². The van der Waals surface area contributed by atoms with E-state index in [2.05, 4.69) is 6.92 Å². The van der Waals surface area contributed by atoms with Gasteiger partial charge >= 0.3 is 0 Å². The standard InChI is InChI=1S/C13H28N2O3S/c1-6-7-9-14(4)13(16)8-10-15(11-12(2)3)19(5,17)18/h12H,6-11H2,1-5H3. The van der Waals surface area contributed by atoms with Gasteiger partial charge in [-0.05, 0) is 12.3 Å². The Hall–Kier alpha value is -0.620. The molecule has 0 aromatic carbocycles. The third-order valence-corrected chi connectivity index (χ3v) is 4.16. The van der Waals surface area contributed by atoms with E-state index in [1.165, 1.54) is 10.6 Å². The highest BCUT2D eigenvalue weighted by Gasteiger charge is 2.19. The normalized spacial score (nSPS) is 12.2.